The van der Waals surface area contributed by atoms with Gasteiger partial charge in [-0.3, -0.25) is 0 Å². The summed E-state index contributed by atoms with van der Waals surface area (Å²) in [5.41, 5.74) is 4.02. The van der Waals surface area contributed by atoms with E-state index in [-0.39, 0.29) is 0 Å². The van der Waals surface area contributed by atoms with Crippen LogP contribution in [0.4, 0.5) is 11.4 Å². The molecule has 1 atom stereocenters. The number of rotatable bonds is 2. The molecule has 2 heterocycles. The second-order valence-corrected chi connectivity index (χ2v) is 9.09. The van der Waals surface area contributed by atoms with Gasteiger partial charge in [0, 0.05) is 37.6 Å². The van der Waals surface area contributed by atoms with Crippen LogP contribution < -0.4 is 9.80 Å². The van der Waals surface area contributed by atoms with Gasteiger partial charge >= 0.3 is 1.28 Å². The Balaban J connectivity index is 0.000000222. The van der Waals surface area contributed by atoms with Crippen molar-refractivity contribution in [2.24, 2.45) is 0 Å². The zero-order valence-corrected chi connectivity index (χ0v) is 21.6. The molecule has 182 valence electrons. The molecule has 0 amide bonds. The van der Waals surface area contributed by atoms with E-state index in [9.17, 15) is 0 Å². The topological polar surface area (TPSA) is 102 Å². The Morgan fingerprint density at radius 1 is 0.686 bits per heavy atom. The Kier molecular flexibility index (Phi) is 12.2. The molecule has 2 aliphatic rings. The Morgan fingerprint density at radius 2 is 1.11 bits per heavy atom. The molecule has 7 heteroatoms. The Morgan fingerprint density at radius 3 is 1.54 bits per heavy atom. The predicted octanol–water partition coefficient (Wildman–Crippen LogP) is 6.81. The second kappa shape index (κ2) is 16.3. The van der Waals surface area contributed by atoms with Crippen LogP contribution in [0, 0.1) is 39.2 Å². The van der Waals surface area contributed by atoms with Gasteiger partial charge in [-0.15, -0.1) is 5.16 Å². The largest absolute Gasteiger partial charge is 0.372 e. The van der Waals surface area contributed by atoms with Gasteiger partial charge in [0.15, 0.2) is 8.32 Å². The summed E-state index contributed by atoms with van der Waals surface area (Å²) in [6, 6.07) is 19.8. The number of nitrogens with zero attached hydrogens (tertiary/aromatic N) is 5. The summed E-state index contributed by atoms with van der Waals surface area (Å²) in [4.78, 5) is 4.74. The fourth-order valence-electron chi connectivity index (χ4n) is 4.32. The summed E-state index contributed by atoms with van der Waals surface area (Å²) in [6.45, 7) is 5.99. The Labute approximate surface area is 213 Å². The van der Waals surface area contributed by atoms with E-state index in [4.69, 9.17) is 22.2 Å². The first-order valence-corrected chi connectivity index (χ1v) is 13.7. The summed E-state index contributed by atoms with van der Waals surface area (Å²) in [5.74, 6) is 0. The molecule has 0 aromatic heterocycles. The van der Waals surface area contributed by atoms with Gasteiger partial charge in [-0.05, 0) is 68.1 Å². The molecule has 2 fully saturated rings. The van der Waals surface area contributed by atoms with E-state index in [2.05, 4.69) is 34.1 Å². The molecular weight excluding hydrogens is 451 g/mol. The highest BCUT2D eigenvalue weighted by Gasteiger charge is 2.12. The van der Waals surface area contributed by atoms with Crippen molar-refractivity contribution in [1.82, 2.24) is 0 Å². The van der Waals surface area contributed by atoms with Gasteiger partial charge in [0.1, 0.15) is 18.8 Å². The maximum absolute atomic E-state index is 9.01. The third kappa shape index (κ3) is 9.41. The van der Waals surface area contributed by atoms with E-state index in [1.54, 1.807) is 12.7 Å². The predicted molar refractivity (Wildman–Crippen MR) is 145 cm³/mol. The molecule has 0 saturated carbocycles. The maximum Gasteiger partial charge on any atom is 0.363 e. The molecule has 35 heavy (non-hydrogen) atoms. The number of nitriles is 3. The average molecular weight is 489 g/mol. The Bertz CT molecular complexity index is 1080. The summed E-state index contributed by atoms with van der Waals surface area (Å²) < 4.78 is 6.31. The van der Waals surface area contributed by atoms with Gasteiger partial charge in [-0.1, -0.05) is 25.7 Å². The minimum Gasteiger partial charge on any atom is -0.372 e. The maximum atomic E-state index is 9.01. The van der Waals surface area contributed by atoms with Gasteiger partial charge in [0.25, 0.3) is 0 Å². The van der Waals surface area contributed by atoms with Gasteiger partial charge in [0.2, 0.25) is 0 Å². The molecule has 6 nitrogen and oxygen atoms in total. The molecule has 2 aromatic rings. The van der Waals surface area contributed by atoms with Crippen molar-refractivity contribution >= 4 is 19.7 Å². The lowest BCUT2D eigenvalue weighted by Gasteiger charge is -2.22. The second-order valence-electron chi connectivity index (χ2n) is 8.64. The first-order valence-electron chi connectivity index (χ1n) is 12.8. The van der Waals surface area contributed by atoms with Crippen LogP contribution in [0.3, 0.4) is 0 Å². The monoisotopic (exact) mass is 488 g/mol. The van der Waals surface area contributed by atoms with Crippen LogP contribution in [0.15, 0.2) is 42.5 Å². The smallest absolute Gasteiger partial charge is 0.363 e. The fraction of sp³-hybridized carbons (Fsp3) is 0.464. The minimum absolute atomic E-state index is 0.464. The normalized spacial score (nSPS) is 16.2. The van der Waals surface area contributed by atoms with Crippen LogP contribution in [0.1, 0.15) is 68.1 Å². The number of benzene rings is 2. The zero-order valence-electron chi connectivity index (χ0n) is 21.7. The number of hydrogen-bond donors (Lipinski definition) is 1. The van der Waals surface area contributed by atoms with E-state index in [0.29, 0.717) is 11.1 Å². The van der Waals surface area contributed by atoms with Crippen LogP contribution in [0.2, 0.25) is 0 Å². The lowest BCUT2D eigenvalue weighted by molar-refractivity contribution is 0.726. The van der Waals surface area contributed by atoms with Crippen molar-refractivity contribution in [3.63, 3.8) is 0 Å². The number of nitrogens with one attached hydrogen (secondary N) is 1. The first-order chi connectivity index (χ1) is 17.5. The summed E-state index contributed by atoms with van der Waals surface area (Å²) in [7, 11) is -1.12. The molecule has 2 saturated heterocycles. The van der Waals surface area contributed by atoms with Crippen LogP contribution in [0.5, 0.6) is 0 Å². The highest BCUT2D eigenvalue weighted by atomic mass is 31.1. The van der Waals surface area contributed by atoms with Crippen LogP contribution in [0.25, 0.3) is 0 Å². The summed E-state index contributed by atoms with van der Waals surface area (Å²) >= 11 is 0. The number of anilines is 2. The lowest BCUT2D eigenvalue weighted by atomic mass is 10.1. The standard InChI is InChI=1S/C14H15N3.C13H16N2.CH4NP/c15-10-12-5-6-14(9-13(12)11-16)17-7-3-1-2-4-8-17;14-11-12-5-7-13(8-6-12)15-9-3-1-2-4-10-15;1-3-2/h5-6,9H,1-4,7-8H2;5-8H,1-4,9-10H2;2H,1H3/p+1/i/hD. The summed E-state index contributed by atoms with van der Waals surface area (Å²) in [5, 5.41) is 32.9. The van der Waals surface area contributed by atoms with Crippen molar-refractivity contribution in [1.29, 1.82) is 22.2 Å². The minimum atomic E-state index is -1.12. The van der Waals surface area contributed by atoms with Crippen molar-refractivity contribution in [3.05, 3.63) is 59.2 Å². The highest BCUT2D eigenvalue weighted by molar-refractivity contribution is 7.23. The molecule has 2 aromatic carbocycles. The van der Waals surface area contributed by atoms with E-state index in [0.717, 1.165) is 37.4 Å². The quantitative estimate of drug-likeness (QED) is 0.468. The van der Waals surface area contributed by atoms with Crippen LogP contribution in [-0.2, 0) is 0 Å². The van der Waals surface area contributed by atoms with E-state index >= 15 is 0 Å². The molecule has 1 unspecified atom stereocenters. The van der Waals surface area contributed by atoms with Crippen molar-refractivity contribution in [2.45, 2.75) is 51.4 Å². The first kappa shape index (κ1) is 26.2. The molecular formula is C28H36N6P+. The molecule has 2 aliphatic heterocycles. The van der Waals surface area contributed by atoms with Crippen molar-refractivity contribution < 1.29 is 0 Å². The third-order valence-electron chi connectivity index (χ3n) is 6.18. The summed E-state index contributed by atoms with van der Waals surface area (Å²) in [6.07, 6.45) is 10.3. The van der Waals surface area contributed by atoms with Gasteiger partial charge in [-0.25, -0.2) is 0 Å². The molecule has 0 spiro atoms. The SMILES string of the molecule is N#Cc1ccc(N2CCCCCC2)cc1.N#Cc1ccc(N2CCCCCC2)cc1C#N.[2H][P+](C)=N. The van der Waals surface area contributed by atoms with E-state index in [1.807, 2.05) is 30.3 Å². The van der Waals surface area contributed by atoms with Crippen molar-refractivity contribution in [2.75, 3.05) is 42.6 Å². The zero-order chi connectivity index (χ0) is 26.2. The van der Waals surface area contributed by atoms with E-state index < -0.39 is 8.32 Å². The lowest BCUT2D eigenvalue weighted by Crippen LogP contribution is -2.23. The third-order valence-corrected chi connectivity index (χ3v) is 6.18. The molecule has 0 bridgehead atoms. The van der Waals surface area contributed by atoms with Gasteiger partial charge in [0.05, 0.1) is 22.8 Å². The number of hydrogen-bond acceptors (Lipinski definition) is 6. The fourth-order valence-corrected chi connectivity index (χ4v) is 4.32. The van der Waals surface area contributed by atoms with E-state index in [1.165, 1.54) is 57.1 Å². The average Bonchev–Trinajstić information content (AvgIpc) is 3.34. The van der Waals surface area contributed by atoms with Gasteiger partial charge < -0.3 is 9.80 Å². The molecule has 0 aliphatic carbocycles. The molecule has 1 N–H and O–H groups in total. The highest BCUT2D eigenvalue weighted by Crippen LogP contribution is 2.22. The van der Waals surface area contributed by atoms with Crippen molar-refractivity contribution in [3.8, 4) is 18.2 Å². The van der Waals surface area contributed by atoms with Crippen LogP contribution >= 0.6 is 8.32 Å². The van der Waals surface area contributed by atoms with Crippen LogP contribution in [-0.4, -0.2) is 34.1 Å². The molecule has 0 radical (unpaired) electrons. The Hall–Kier alpha value is -3.39. The van der Waals surface area contributed by atoms with Gasteiger partial charge in [-0.2, -0.15) is 15.8 Å². The molecule has 4 rings (SSSR count).